The fourth-order valence-corrected chi connectivity index (χ4v) is 6.54. The molecule has 39 heavy (non-hydrogen) atoms. The minimum atomic E-state index is -0.137. The van der Waals surface area contributed by atoms with Gasteiger partial charge in [0.05, 0.1) is 23.0 Å². The van der Waals surface area contributed by atoms with Crippen LogP contribution in [0.25, 0.3) is 22.2 Å². The molecule has 2 saturated heterocycles. The van der Waals surface area contributed by atoms with Gasteiger partial charge in [-0.25, -0.2) is 9.97 Å². The summed E-state index contributed by atoms with van der Waals surface area (Å²) in [4.78, 5) is 17.7. The molecule has 0 bridgehead atoms. The number of aliphatic hydroxyl groups excluding tert-OH is 1. The van der Waals surface area contributed by atoms with Gasteiger partial charge in [-0.2, -0.15) is 0 Å². The second-order valence-electron chi connectivity index (χ2n) is 11.4. The summed E-state index contributed by atoms with van der Waals surface area (Å²) in [5.74, 6) is 1.21. The Hall–Kier alpha value is -2.97. The lowest BCUT2D eigenvalue weighted by molar-refractivity contribution is 0.106. The first-order chi connectivity index (χ1) is 19.1. The fourth-order valence-electron chi connectivity index (χ4n) is 6.35. The second kappa shape index (κ2) is 10.5. The van der Waals surface area contributed by atoms with E-state index in [0.29, 0.717) is 22.9 Å². The Morgan fingerprint density at radius 1 is 1.03 bits per heavy atom. The summed E-state index contributed by atoms with van der Waals surface area (Å²) in [6.07, 6.45) is 9.31. The summed E-state index contributed by atoms with van der Waals surface area (Å²) in [7, 11) is 0. The van der Waals surface area contributed by atoms with Gasteiger partial charge in [0.25, 0.3) is 0 Å². The van der Waals surface area contributed by atoms with Crippen molar-refractivity contribution in [3.8, 4) is 11.3 Å². The van der Waals surface area contributed by atoms with Crippen LogP contribution in [-0.2, 0) is 6.54 Å². The smallest absolute Gasteiger partial charge is 0.227 e. The molecule has 2 aromatic carbocycles. The van der Waals surface area contributed by atoms with Crippen molar-refractivity contribution in [3.05, 3.63) is 71.0 Å². The van der Waals surface area contributed by atoms with Gasteiger partial charge < -0.3 is 15.4 Å². The molecule has 1 saturated carbocycles. The minimum Gasteiger partial charge on any atom is -0.392 e. The van der Waals surface area contributed by atoms with Crippen molar-refractivity contribution >= 4 is 34.1 Å². The number of nitrogens with zero attached hydrogens (tertiary/aromatic N) is 4. The molecule has 4 aromatic rings. The van der Waals surface area contributed by atoms with E-state index < -0.39 is 0 Å². The number of halogens is 1. The highest BCUT2D eigenvalue weighted by molar-refractivity contribution is 6.33. The predicted molar refractivity (Wildman–Crippen MR) is 157 cm³/mol. The number of rotatable bonds is 7. The van der Waals surface area contributed by atoms with Gasteiger partial charge >= 0.3 is 0 Å². The van der Waals surface area contributed by atoms with E-state index in [1.165, 1.54) is 36.8 Å². The van der Waals surface area contributed by atoms with Gasteiger partial charge in [-0.05, 0) is 80.4 Å². The Morgan fingerprint density at radius 3 is 2.67 bits per heavy atom. The second-order valence-corrected chi connectivity index (χ2v) is 11.9. The lowest BCUT2D eigenvalue weighted by atomic mass is 10.0. The number of aliphatic hydroxyl groups is 1. The fraction of sp³-hybridized carbons (Fsp3) is 0.419. The zero-order chi connectivity index (χ0) is 26.3. The van der Waals surface area contributed by atoms with E-state index in [2.05, 4.69) is 55.4 Å². The molecule has 2 aromatic heterocycles. The van der Waals surface area contributed by atoms with Crippen molar-refractivity contribution in [3.63, 3.8) is 0 Å². The van der Waals surface area contributed by atoms with Crippen LogP contribution < -0.4 is 5.32 Å². The highest BCUT2D eigenvalue weighted by Crippen LogP contribution is 2.42. The summed E-state index contributed by atoms with van der Waals surface area (Å²) in [6.45, 7) is 5.04. The van der Waals surface area contributed by atoms with Crippen molar-refractivity contribution < 1.29 is 5.11 Å². The lowest BCUT2D eigenvalue weighted by Gasteiger charge is -2.36. The molecule has 0 amide bonds. The zero-order valence-corrected chi connectivity index (χ0v) is 22.9. The van der Waals surface area contributed by atoms with Crippen LogP contribution in [0.2, 0.25) is 5.02 Å². The third kappa shape index (κ3) is 5.41. The number of nitrogens with one attached hydrogen (secondary N) is 2. The van der Waals surface area contributed by atoms with E-state index in [-0.39, 0.29) is 6.10 Å². The molecule has 3 aliphatic rings. The van der Waals surface area contributed by atoms with E-state index in [1.807, 2.05) is 18.3 Å². The maximum Gasteiger partial charge on any atom is 0.227 e. The minimum absolute atomic E-state index is 0.137. The van der Waals surface area contributed by atoms with Gasteiger partial charge in [0.1, 0.15) is 0 Å². The number of piperidine rings is 1. The molecule has 202 valence electrons. The van der Waals surface area contributed by atoms with Gasteiger partial charge in [0, 0.05) is 54.0 Å². The Balaban J connectivity index is 1.09. The average molecular weight is 543 g/mol. The van der Waals surface area contributed by atoms with E-state index >= 15 is 0 Å². The number of anilines is 2. The molecule has 1 atom stereocenters. The normalized spacial score (nSPS) is 21.1. The number of aromatic nitrogens is 3. The Bertz CT molecular complexity index is 1480. The Kier molecular flexibility index (Phi) is 6.77. The van der Waals surface area contributed by atoms with Gasteiger partial charge in [0.15, 0.2) is 0 Å². The van der Waals surface area contributed by atoms with Crippen LogP contribution in [0.4, 0.5) is 11.6 Å². The SMILES string of the molecule is OC1CCN(C2CCN(Cc3cc(Nc4ncc(Cl)c(-c5c[nH]c6ccccc56)n4)cc(C4CC4)c3)CC2)C1. The van der Waals surface area contributed by atoms with Crippen molar-refractivity contribution in [2.24, 2.45) is 0 Å². The maximum atomic E-state index is 9.93. The number of β-amino-alcohol motifs (C(OH)–C–C–N with tert-alkyl or cyclic N) is 1. The summed E-state index contributed by atoms with van der Waals surface area (Å²) >= 11 is 6.57. The number of aromatic amines is 1. The molecule has 1 unspecified atom stereocenters. The largest absolute Gasteiger partial charge is 0.392 e. The summed E-state index contributed by atoms with van der Waals surface area (Å²) in [5, 5.41) is 15.0. The lowest BCUT2D eigenvalue weighted by Crippen LogP contribution is -2.44. The van der Waals surface area contributed by atoms with Crippen molar-refractivity contribution in [1.29, 1.82) is 0 Å². The van der Waals surface area contributed by atoms with Crippen molar-refractivity contribution in [1.82, 2.24) is 24.8 Å². The first kappa shape index (κ1) is 25.0. The quantitative estimate of drug-likeness (QED) is 0.268. The molecule has 2 aliphatic heterocycles. The van der Waals surface area contributed by atoms with Crippen LogP contribution in [0.3, 0.4) is 0 Å². The van der Waals surface area contributed by atoms with Crippen LogP contribution in [0.5, 0.6) is 0 Å². The summed E-state index contributed by atoms with van der Waals surface area (Å²) in [5.41, 5.74) is 6.52. The number of benzene rings is 2. The van der Waals surface area contributed by atoms with Gasteiger partial charge in [-0.15, -0.1) is 0 Å². The van der Waals surface area contributed by atoms with E-state index in [0.717, 1.165) is 67.0 Å². The predicted octanol–water partition coefficient (Wildman–Crippen LogP) is 5.93. The van der Waals surface area contributed by atoms with Crippen molar-refractivity contribution in [2.75, 3.05) is 31.5 Å². The summed E-state index contributed by atoms with van der Waals surface area (Å²) in [6, 6.07) is 15.7. The topological polar surface area (TPSA) is 80.3 Å². The van der Waals surface area contributed by atoms with Crippen LogP contribution in [0.1, 0.15) is 49.1 Å². The molecule has 7 nitrogen and oxygen atoms in total. The molecule has 1 aliphatic carbocycles. The number of hydrogen-bond donors (Lipinski definition) is 3. The number of para-hydroxylation sites is 1. The zero-order valence-electron chi connectivity index (χ0n) is 22.1. The molecule has 0 spiro atoms. The standard InChI is InChI=1S/C31H35ClN6O/c32-28-17-34-31(36-30(28)27-16-33-29-4-2-1-3-26(27)29)35-23-14-20(13-22(15-23)21-5-6-21)18-37-10-7-24(8-11-37)38-12-9-25(39)19-38/h1-4,13-17,21,24-25,33,39H,5-12,18-19H2,(H,34,35,36). The van der Waals surface area contributed by atoms with Crippen LogP contribution >= 0.6 is 11.6 Å². The van der Waals surface area contributed by atoms with Crippen LogP contribution in [-0.4, -0.2) is 68.2 Å². The van der Waals surface area contributed by atoms with E-state index in [4.69, 9.17) is 16.6 Å². The van der Waals surface area contributed by atoms with Crippen LogP contribution in [0, 0.1) is 0 Å². The van der Waals surface area contributed by atoms with E-state index in [9.17, 15) is 5.11 Å². The van der Waals surface area contributed by atoms with Gasteiger partial charge in [0.2, 0.25) is 5.95 Å². The number of likely N-dealkylation sites (tertiary alicyclic amines) is 2. The molecular formula is C31H35ClN6O. The number of fused-ring (bicyclic) bond motifs is 1. The first-order valence-electron chi connectivity index (χ1n) is 14.2. The maximum absolute atomic E-state index is 9.93. The third-order valence-electron chi connectivity index (χ3n) is 8.58. The Labute approximate surface area is 234 Å². The van der Waals surface area contributed by atoms with E-state index in [1.54, 1.807) is 6.20 Å². The molecule has 0 radical (unpaired) electrons. The van der Waals surface area contributed by atoms with Crippen LogP contribution in [0.15, 0.2) is 54.9 Å². The molecule has 3 N–H and O–H groups in total. The molecule has 7 rings (SSSR count). The molecule has 8 heteroatoms. The monoisotopic (exact) mass is 542 g/mol. The highest BCUT2D eigenvalue weighted by atomic mass is 35.5. The van der Waals surface area contributed by atoms with Gasteiger partial charge in [-0.1, -0.05) is 35.9 Å². The summed E-state index contributed by atoms with van der Waals surface area (Å²) < 4.78 is 0. The van der Waals surface area contributed by atoms with Gasteiger partial charge in [-0.3, -0.25) is 9.80 Å². The third-order valence-corrected chi connectivity index (χ3v) is 8.86. The number of hydrogen-bond acceptors (Lipinski definition) is 6. The molecular weight excluding hydrogens is 508 g/mol. The van der Waals surface area contributed by atoms with Crippen molar-refractivity contribution in [2.45, 2.75) is 56.7 Å². The Morgan fingerprint density at radius 2 is 1.87 bits per heavy atom. The first-order valence-corrected chi connectivity index (χ1v) is 14.6. The number of H-pyrrole nitrogens is 1. The molecule has 3 fully saturated rings. The molecule has 4 heterocycles. The highest BCUT2D eigenvalue weighted by Gasteiger charge is 2.30. The average Bonchev–Trinajstić information content (AvgIpc) is 3.58.